The van der Waals surface area contributed by atoms with Gasteiger partial charge in [-0.15, -0.1) is 0 Å². The van der Waals surface area contributed by atoms with E-state index in [0.717, 1.165) is 115 Å². The topological polar surface area (TPSA) is 151 Å². The number of amides is 3. The molecule has 1 aliphatic carbocycles. The lowest BCUT2D eigenvalue weighted by atomic mass is 9.84. The fraction of sp³-hybridized carbons (Fsp3) is 0.523. The van der Waals surface area contributed by atoms with Crippen LogP contribution in [0.1, 0.15) is 95.9 Å². The van der Waals surface area contributed by atoms with E-state index in [9.17, 15) is 19.5 Å². The van der Waals surface area contributed by atoms with E-state index < -0.39 is 18.2 Å². The van der Waals surface area contributed by atoms with E-state index in [1.54, 1.807) is 18.0 Å². The number of ether oxygens (including phenoxy) is 1. The summed E-state index contributed by atoms with van der Waals surface area (Å²) in [5, 5.41) is 9.63. The van der Waals surface area contributed by atoms with Crippen LogP contribution in [-0.4, -0.2) is 121 Å². The molecule has 0 bridgehead atoms. The van der Waals surface area contributed by atoms with E-state index >= 15 is 0 Å². The summed E-state index contributed by atoms with van der Waals surface area (Å²) < 4.78 is 5.40. The summed E-state index contributed by atoms with van der Waals surface area (Å²) >= 11 is 0. The first kappa shape index (κ1) is 40.2. The van der Waals surface area contributed by atoms with Crippen molar-refractivity contribution in [3.05, 3.63) is 72.6 Å². The average molecular weight is 779 g/mol. The molecule has 2 saturated heterocycles. The second kappa shape index (κ2) is 17.6. The lowest BCUT2D eigenvalue weighted by Crippen LogP contribution is -2.54. The van der Waals surface area contributed by atoms with Crippen LogP contribution < -0.4 is 0 Å². The third-order valence-electron chi connectivity index (χ3n) is 12.8. The number of carboxylic acid groups (broad SMARTS) is 1. The molecular weight excluding hydrogens is 721 g/mol. The Labute approximate surface area is 335 Å². The van der Waals surface area contributed by atoms with Crippen molar-refractivity contribution in [1.29, 1.82) is 0 Å². The van der Waals surface area contributed by atoms with Crippen molar-refractivity contribution in [1.82, 2.24) is 39.5 Å². The largest absolute Gasteiger partial charge is 0.465 e. The molecule has 13 nitrogen and oxygen atoms in total. The second-order valence-corrected chi connectivity index (χ2v) is 15.9. The standard InChI is InChI=1S/C44H58N8O5/c1-6-50(7-2)34-22-20-33(21-23-34)42(53)51-24-8-10-37(51)40-45-26-35(47-40)31-16-12-29(13-17-31)30-14-18-32(19-15-30)36-27-46-41(48-36)38-11-9-25-52(38)43(54)39(28(3)57-5)49(4)44(55)56/h12-19,26-28,33-34,37-39H,6-11,20-25H2,1-5H3,(H,45,47)(H,46,48)(H,55,56)/t28-,33-,34+,37+,38+,39+/m1/s1. The molecule has 3 fully saturated rings. The molecule has 7 rings (SSSR count). The molecule has 2 aliphatic heterocycles. The van der Waals surface area contributed by atoms with Crippen molar-refractivity contribution in [3.8, 4) is 33.6 Å². The average Bonchev–Trinajstić information content (AvgIpc) is 4.08. The molecule has 0 unspecified atom stereocenters. The summed E-state index contributed by atoms with van der Waals surface area (Å²) in [6, 6.07) is 16.1. The molecule has 4 atom stereocenters. The van der Waals surface area contributed by atoms with Gasteiger partial charge in [-0.25, -0.2) is 14.8 Å². The van der Waals surface area contributed by atoms with E-state index in [-0.39, 0.29) is 23.9 Å². The molecule has 3 amide bonds. The monoisotopic (exact) mass is 778 g/mol. The number of hydrogen-bond acceptors (Lipinski definition) is 7. The minimum Gasteiger partial charge on any atom is -0.465 e. The summed E-state index contributed by atoms with van der Waals surface area (Å²) in [7, 11) is 2.88. The number of hydrogen-bond donors (Lipinski definition) is 3. The number of carbonyl (C=O) groups excluding carboxylic acids is 2. The van der Waals surface area contributed by atoms with Crippen LogP contribution in [-0.2, 0) is 14.3 Å². The molecule has 1 saturated carbocycles. The maximum Gasteiger partial charge on any atom is 0.407 e. The highest BCUT2D eigenvalue weighted by atomic mass is 16.5. The van der Waals surface area contributed by atoms with Crippen LogP contribution in [0, 0.1) is 5.92 Å². The summed E-state index contributed by atoms with van der Waals surface area (Å²) in [6.07, 6.45) is 9.50. The zero-order valence-corrected chi connectivity index (χ0v) is 34.0. The summed E-state index contributed by atoms with van der Waals surface area (Å²) in [4.78, 5) is 63.0. The van der Waals surface area contributed by atoms with Gasteiger partial charge >= 0.3 is 6.09 Å². The lowest BCUT2D eigenvalue weighted by Gasteiger charge is -2.37. The highest BCUT2D eigenvalue weighted by Gasteiger charge is 2.41. The Hall–Kier alpha value is -5.01. The molecule has 0 spiro atoms. The van der Waals surface area contributed by atoms with Crippen LogP contribution >= 0.6 is 0 Å². The molecule has 0 radical (unpaired) electrons. The number of carbonyl (C=O) groups is 3. The second-order valence-electron chi connectivity index (χ2n) is 15.9. The van der Waals surface area contributed by atoms with Gasteiger partial charge in [0, 0.05) is 39.2 Å². The van der Waals surface area contributed by atoms with Crippen LogP contribution in [0.4, 0.5) is 4.79 Å². The van der Waals surface area contributed by atoms with Gasteiger partial charge in [-0.2, -0.15) is 0 Å². The Kier molecular flexibility index (Phi) is 12.4. The van der Waals surface area contributed by atoms with Crippen molar-refractivity contribution >= 4 is 17.9 Å². The Bertz CT molecular complexity index is 1980. The number of imidazole rings is 2. The molecular formula is C44H58N8O5. The quantitative estimate of drug-likeness (QED) is 0.127. The van der Waals surface area contributed by atoms with E-state index in [1.807, 2.05) is 6.20 Å². The molecule has 3 aliphatic rings. The molecule has 3 N–H and O–H groups in total. The van der Waals surface area contributed by atoms with Gasteiger partial charge in [0.15, 0.2) is 0 Å². The molecule has 2 aromatic carbocycles. The third-order valence-corrected chi connectivity index (χ3v) is 12.8. The van der Waals surface area contributed by atoms with Crippen LogP contribution in [0.25, 0.3) is 33.6 Å². The highest BCUT2D eigenvalue weighted by Crippen LogP contribution is 2.37. The van der Waals surface area contributed by atoms with Crippen LogP contribution in [0.5, 0.6) is 0 Å². The number of methoxy groups -OCH3 is 1. The summed E-state index contributed by atoms with van der Waals surface area (Å²) in [5.74, 6) is 1.68. The van der Waals surface area contributed by atoms with Gasteiger partial charge in [-0.05, 0) is 93.6 Å². The van der Waals surface area contributed by atoms with Gasteiger partial charge in [0.05, 0.1) is 42.0 Å². The number of benzene rings is 2. The van der Waals surface area contributed by atoms with Crippen molar-refractivity contribution in [3.63, 3.8) is 0 Å². The van der Waals surface area contributed by atoms with E-state index in [4.69, 9.17) is 9.72 Å². The third kappa shape index (κ3) is 8.36. The number of aromatic nitrogens is 4. The minimum absolute atomic E-state index is 0.00186. The molecule has 2 aromatic heterocycles. The fourth-order valence-electron chi connectivity index (χ4n) is 9.38. The van der Waals surface area contributed by atoms with E-state index in [1.165, 1.54) is 14.2 Å². The van der Waals surface area contributed by atoms with Gasteiger partial charge in [0.1, 0.15) is 17.7 Å². The molecule has 13 heteroatoms. The Morgan fingerprint density at radius 3 is 1.72 bits per heavy atom. The van der Waals surface area contributed by atoms with E-state index in [0.29, 0.717) is 24.3 Å². The zero-order valence-electron chi connectivity index (χ0n) is 34.0. The first-order chi connectivity index (χ1) is 27.6. The normalized spacial score (nSPS) is 22.2. The van der Waals surface area contributed by atoms with Crippen LogP contribution in [0.2, 0.25) is 0 Å². The summed E-state index contributed by atoms with van der Waals surface area (Å²) in [5.41, 5.74) is 5.97. The van der Waals surface area contributed by atoms with Gasteiger partial charge in [-0.3, -0.25) is 14.5 Å². The number of likely N-dealkylation sites (N-methyl/N-ethyl adjacent to an activating group) is 1. The predicted octanol–water partition coefficient (Wildman–Crippen LogP) is 7.37. The number of rotatable bonds is 13. The van der Waals surface area contributed by atoms with Crippen LogP contribution in [0.15, 0.2) is 60.9 Å². The molecule has 4 aromatic rings. The Balaban J connectivity index is 0.976. The maximum atomic E-state index is 13.8. The fourth-order valence-corrected chi connectivity index (χ4v) is 9.38. The number of aromatic amines is 2. The first-order valence-corrected chi connectivity index (χ1v) is 20.8. The van der Waals surface area contributed by atoms with Crippen molar-refractivity contribution in [2.24, 2.45) is 5.92 Å². The van der Waals surface area contributed by atoms with Gasteiger partial charge in [-0.1, -0.05) is 62.4 Å². The lowest BCUT2D eigenvalue weighted by molar-refractivity contribution is -0.141. The van der Waals surface area contributed by atoms with Crippen molar-refractivity contribution < 1.29 is 24.2 Å². The molecule has 57 heavy (non-hydrogen) atoms. The predicted molar refractivity (Wildman–Crippen MR) is 219 cm³/mol. The molecule has 304 valence electrons. The Morgan fingerprint density at radius 2 is 1.25 bits per heavy atom. The van der Waals surface area contributed by atoms with Gasteiger partial charge < -0.3 is 34.5 Å². The number of nitrogens with zero attached hydrogens (tertiary/aromatic N) is 6. The van der Waals surface area contributed by atoms with Crippen molar-refractivity contribution in [2.45, 2.75) is 102 Å². The highest BCUT2D eigenvalue weighted by molar-refractivity contribution is 5.86. The zero-order chi connectivity index (χ0) is 40.2. The SMILES string of the molecule is CCN(CC)[C@H]1CC[C@@H](C(=O)N2CCC[C@H]2c2ncc(-c3ccc(-c4ccc(-c5cnc([C@@H]6CCCN6C(=O)[C@H]([C@@H](C)OC)N(C)C(=O)O)[nH]5)cc4)cc3)[nH]2)CC1. The number of nitrogens with one attached hydrogen (secondary N) is 2. The van der Waals surface area contributed by atoms with Gasteiger partial charge in [0.25, 0.3) is 0 Å². The molecule has 4 heterocycles. The van der Waals surface area contributed by atoms with Crippen molar-refractivity contribution in [2.75, 3.05) is 40.3 Å². The Morgan fingerprint density at radius 1 is 0.772 bits per heavy atom. The van der Waals surface area contributed by atoms with E-state index in [2.05, 4.69) is 87.1 Å². The number of likely N-dealkylation sites (tertiary alicyclic amines) is 2. The number of H-pyrrole nitrogens is 2. The smallest absolute Gasteiger partial charge is 0.407 e. The maximum absolute atomic E-state index is 13.8. The summed E-state index contributed by atoms with van der Waals surface area (Å²) in [6.45, 7) is 9.63. The first-order valence-electron chi connectivity index (χ1n) is 20.8. The minimum atomic E-state index is -1.18. The van der Waals surface area contributed by atoms with Gasteiger partial charge in [0.2, 0.25) is 11.8 Å². The van der Waals surface area contributed by atoms with Crippen LogP contribution in [0.3, 0.4) is 0 Å².